The summed E-state index contributed by atoms with van der Waals surface area (Å²) >= 11 is 0. The molecular weight excluding hydrogens is 255 g/mol. The van der Waals surface area contributed by atoms with Gasteiger partial charge in [-0.3, -0.25) is 4.79 Å². The maximum atomic E-state index is 10.2. The average Bonchev–Trinajstić information content (AvgIpc) is 2.24. The molecule has 0 radical (unpaired) electrons. The van der Waals surface area contributed by atoms with Gasteiger partial charge in [0.05, 0.1) is 0 Å². The Morgan fingerprint density at radius 2 is 1.16 bits per heavy atom. The van der Waals surface area contributed by atoms with Crippen molar-refractivity contribution in [1.29, 1.82) is 0 Å². The predicted molar refractivity (Wildman–Crippen MR) is 89.1 cm³/mol. The molecule has 19 heavy (non-hydrogen) atoms. The molecule has 1 aliphatic rings. The van der Waals surface area contributed by atoms with E-state index in [9.17, 15) is 4.79 Å². The van der Waals surface area contributed by atoms with Gasteiger partial charge in [0.1, 0.15) is 0 Å². The maximum absolute atomic E-state index is 10.2. The molecule has 1 fully saturated rings. The summed E-state index contributed by atoms with van der Waals surface area (Å²) in [5.41, 5.74) is 0. The number of hydrogen-bond acceptors (Lipinski definition) is 1. The first kappa shape index (κ1) is 21.2. The van der Waals surface area contributed by atoms with Crippen molar-refractivity contribution in [3.63, 3.8) is 0 Å². The van der Waals surface area contributed by atoms with Crippen molar-refractivity contribution in [1.82, 2.24) is 0 Å². The highest BCUT2D eigenvalue weighted by Gasteiger charge is 1.96. The molecule has 116 valence electrons. The molecule has 0 aliphatic heterocycles. The fourth-order valence-corrected chi connectivity index (χ4v) is 1.84. The van der Waals surface area contributed by atoms with Crippen LogP contribution in [0.15, 0.2) is 0 Å². The molecule has 1 atom stereocenters. The first-order chi connectivity index (χ1) is 8.77. The van der Waals surface area contributed by atoms with Crippen LogP contribution in [0.1, 0.15) is 96.8 Å². The molecular formula is C16H35O2P. The van der Waals surface area contributed by atoms with Crippen LogP contribution in [0.4, 0.5) is 0 Å². The lowest BCUT2D eigenvalue weighted by molar-refractivity contribution is -0.137. The van der Waals surface area contributed by atoms with Crippen molar-refractivity contribution in [3.8, 4) is 0 Å². The molecule has 1 N–H and O–H groups in total. The van der Waals surface area contributed by atoms with Crippen LogP contribution < -0.4 is 0 Å². The van der Waals surface area contributed by atoms with E-state index in [2.05, 4.69) is 6.92 Å². The average molecular weight is 290 g/mol. The molecule has 3 heteroatoms. The van der Waals surface area contributed by atoms with Gasteiger partial charge < -0.3 is 5.11 Å². The number of carboxylic acids is 1. The van der Waals surface area contributed by atoms with Crippen molar-refractivity contribution in [2.75, 3.05) is 0 Å². The Balaban J connectivity index is 0. The Morgan fingerprint density at radius 3 is 1.47 bits per heavy atom. The van der Waals surface area contributed by atoms with Gasteiger partial charge in [0.25, 0.3) is 0 Å². The first-order valence-electron chi connectivity index (χ1n) is 7.99. The number of aliphatic carboxylic acids is 1. The van der Waals surface area contributed by atoms with Gasteiger partial charge in [-0.15, -0.1) is 0 Å². The van der Waals surface area contributed by atoms with Gasteiger partial charge in [-0.2, -0.15) is 9.90 Å². The van der Waals surface area contributed by atoms with E-state index in [0.717, 1.165) is 12.8 Å². The van der Waals surface area contributed by atoms with Crippen LogP contribution in [0, 0.1) is 0 Å². The van der Waals surface area contributed by atoms with Crippen LogP contribution in [0.3, 0.4) is 0 Å². The summed E-state index contributed by atoms with van der Waals surface area (Å²) in [4.78, 5) is 10.2. The third-order valence-electron chi connectivity index (χ3n) is 3.49. The van der Waals surface area contributed by atoms with E-state index >= 15 is 0 Å². The summed E-state index contributed by atoms with van der Waals surface area (Å²) in [6.45, 7) is 2.23. The minimum absolute atomic E-state index is 0. The second-order valence-corrected chi connectivity index (χ2v) is 5.39. The van der Waals surface area contributed by atoms with Gasteiger partial charge in [0.15, 0.2) is 0 Å². The Labute approximate surface area is 123 Å². The zero-order chi connectivity index (χ0) is 13.5. The summed E-state index contributed by atoms with van der Waals surface area (Å²) < 4.78 is 0. The van der Waals surface area contributed by atoms with Crippen LogP contribution in [-0.4, -0.2) is 11.1 Å². The molecule has 0 spiro atoms. The fraction of sp³-hybridized carbons (Fsp3) is 0.938. The normalized spacial score (nSPS) is 12.7. The number of rotatable bonds is 10. The minimum atomic E-state index is -0.659. The summed E-state index contributed by atoms with van der Waals surface area (Å²) in [6.07, 6.45) is 17.5. The largest absolute Gasteiger partial charge is 0.481 e. The lowest BCUT2D eigenvalue weighted by atomic mass is 10.0. The lowest BCUT2D eigenvalue weighted by Crippen LogP contribution is -1.93. The Morgan fingerprint density at radius 1 is 0.789 bits per heavy atom. The molecule has 2 nitrogen and oxygen atoms in total. The Hall–Kier alpha value is -0.100. The van der Waals surface area contributed by atoms with Gasteiger partial charge in [0, 0.05) is 6.42 Å². The highest BCUT2D eigenvalue weighted by Crippen LogP contribution is 2.15. The molecule has 0 amide bonds. The second kappa shape index (κ2) is 17.9. The zero-order valence-electron chi connectivity index (χ0n) is 13.0. The van der Waals surface area contributed by atoms with Crippen molar-refractivity contribution in [2.45, 2.75) is 96.8 Å². The van der Waals surface area contributed by atoms with Crippen LogP contribution >= 0.6 is 9.90 Å². The van der Waals surface area contributed by atoms with Crippen LogP contribution in [-0.2, 0) is 4.79 Å². The molecule has 0 aromatic carbocycles. The lowest BCUT2D eigenvalue weighted by Gasteiger charge is -2.05. The quantitative estimate of drug-likeness (QED) is 0.419. The Kier molecular flexibility index (Phi) is 20.0. The summed E-state index contributed by atoms with van der Waals surface area (Å²) in [5, 5.41) is 8.41. The topological polar surface area (TPSA) is 37.3 Å². The van der Waals surface area contributed by atoms with E-state index in [0.29, 0.717) is 6.42 Å². The predicted octanol–water partition coefficient (Wildman–Crippen LogP) is 5.61. The number of carbonyl (C=O) groups is 1. The van der Waals surface area contributed by atoms with Crippen molar-refractivity contribution in [2.24, 2.45) is 0 Å². The van der Waals surface area contributed by atoms with Gasteiger partial charge in [-0.25, -0.2) is 0 Å². The number of carboxylic acid groups (broad SMARTS) is 1. The van der Waals surface area contributed by atoms with Gasteiger partial charge in [0.2, 0.25) is 0 Å². The monoisotopic (exact) mass is 290 g/mol. The summed E-state index contributed by atoms with van der Waals surface area (Å²) in [6, 6.07) is 0. The Bertz CT molecular complexity index is 176. The second-order valence-electron chi connectivity index (χ2n) is 5.39. The fourth-order valence-electron chi connectivity index (χ4n) is 1.84. The van der Waals surface area contributed by atoms with E-state index < -0.39 is 5.97 Å². The van der Waals surface area contributed by atoms with E-state index in [4.69, 9.17) is 5.11 Å². The zero-order valence-corrected chi connectivity index (χ0v) is 14.4. The van der Waals surface area contributed by atoms with Gasteiger partial charge >= 0.3 is 5.97 Å². The highest BCUT2D eigenvalue weighted by molar-refractivity contribution is 6.92. The minimum Gasteiger partial charge on any atom is -0.481 e. The van der Waals surface area contributed by atoms with Crippen LogP contribution in [0.25, 0.3) is 0 Å². The van der Waals surface area contributed by atoms with Gasteiger partial charge in [-0.05, 0) is 6.42 Å². The van der Waals surface area contributed by atoms with E-state index in [1.165, 1.54) is 70.6 Å². The smallest absolute Gasteiger partial charge is 0.303 e. The molecule has 0 aromatic heterocycles. The third kappa shape index (κ3) is 20.4. The number of unbranched alkanes of at least 4 members (excludes halogenated alkanes) is 8. The van der Waals surface area contributed by atoms with Crippen LogP contribution in [0.2, 0.25) is 0 Å². The molecule has 0 bridgehead atoms. The molecule has 1 saturated carbocycles. The SMILES string of the molecule is C1CCC1.CCCCCCCCCCCC(=O)O.P. The third-order valence-corrected chi connectivity index (χ3v) is 3.49. The van der Waals surface area contributed by atoms with E-state index in [1.54, 1.807) is 0 Å². The van der Waals surface area contributed by atoms with Crippen molar-refractivity contribution < 1.29 is 9.90 Å². The van der Waals surface area contributed by atoms with Crippen LogP contribution in [0.5, 0.6) is 0 Å². The molecule has 1 aliphatic carbocycles. The van der Waals surface area contributed by atoms with E-state index in [1.807, 2.05) is 0 Å². The standard InChI is InChI=1S/C12H24O2.C4H8.H3P/c1-2-3-4-5-6-7-8-9-10-11-12(13)14;1-2-4-3-1;/h2-11H2,1H3,(H,13,14);1-4H2;1H3. The molecule has 0 saturated heterocycles. The van der Waals surface area contributed by atoms with Gasteiger partial charge in [-0.1, -0.05) is 84.0 Å². The summed E-state index contributed by atoms with van der Waals surface area (Å²) in [5.74, 6) is -0.659. The molecule has 0 heterocycles. The number of hydrogen-bond donors (Lipinski definition) is 1. The van der Waals surface area contributed by atoms with Crippen molar-refractivity contribution >= 4 is 15.9 Å². The van der Waals surface area contributed by atoms with E-state index in [-0.39, 0.29) is 9.90 Å². The summed E-state index contributed by atoms with van der Waals surface area (Å²) in [7, 11) is 0. The highest BCUT2D eigenvalue weighted by atomic mass is 31.0. The molecule has 1 unspecified atom stereocenters. The van der Waals surface area contributed by atoms with Crippen molar-refractivity contribution in [3.05, 3.63) is 0 Å². The molecule has 1 rings (SSSR count). The molecule has 0 aromatic rings. The maximum Gasteiger partial charge on any atom is 0.303 e. The first-order valence-corrected chi connectivity index (χ1v) is 7.99.